The van der Waals surface area contributed by atoms with Crippen LogP contribution in [-0.4, -0.2) is 4.98 Å². The van der Waals surface area contributed by atoms with Gasteiger partial charge in [0.05, 0.1) is 5.01 Å². The molecular formula is C4H4NS. The van der Waals surface area contributed by atoms with Crippen molar-refractivity contribution in [2.75, 3.05) is 0 Å². The second-order valence-electron chi connectivity index (χ2n) is 0.926. The van der Waals surface area contributed by atoms with E-state index in [4.69, 9.17) is 0 Å². The van der Waals surface area contributed by atoms with Crippen molar-refractivity contribution in [1.82, 2.24) is 4.98 Å². The third kappa shape index (κ3) is 0.571. The highest BCUT2D eigenvalue weighted by Crippen LogP contribution is 1.98. The Labute approximate surface area is 40.7 Å². The molecule has 1 aromatic rings. The van der Waals surface area contributed by atoms with Crippen molar-refractivity contribution in [3.63, 3.8) is 0 Å². The first-order chi connectivity index (χ1) is 2.89. The maximum atomic E-state index is 3.82. The van der Waals surface area contributed by atoms with Gasteiger partial charge in [0.25, 0.3) is 0 Å². The number of hydrogen-bond donors (Lipinski definition) is 0. The maximum absolute atomic E-state index is 3.82. The van der Waals surface area contributed by atoms with Crippen LogP contribution in [0.5, 0.6) is 0 Å². The zero-order valence-corrected chi connectivity index (χ0v) is 4.03. The van der Waals surface area contributed by atoms with Crippen LogP contribution in [0.2, 0.25) is 0 Å². The molecule has 1 radical (unpaired) electrons. The second kappa shape index (κ2) is 1.39. The molecule has 0 fully saturated rings. The smallest absolute Gasteiger partial charge is 0.0928 e. The summed E-state index contributed by atoms with van der Waals surface area (Å²) in [6.45, 7) is 3.59. The van der Waals surface area contributed by atoms with E-state index >= 15 is 0 Å². The van der Waals surface area contributed by atoms with Crippen LogP contribution >= 0.6 is 11.3 Å². The fraction of sp³-hybridized carbons (Fsp3) is 0. The van der Waals surface area contributed by atoms with Gasteiger partial charge in [-0.25, -0.2) is 4.98 Å². The summed E-state index contributed by atoms with van der Waals surface area (Å²) in [6, 6.07) is 0. The molecule has 0 unspecified atom stereocenters. The quantitative estimate of drug-likeness (QED) is 0.477. The first-order valence-electron chi connectivity index (χ1n) is 1.61. The molecule has 0 atom stereocenters. The van der Waals surface area contributed by atoms with Gasteiger partial charge in [0.1, 0.15) is 0 Å². The van der Waals surface area contributed by atoms with Gasteiger partial charge >= 0.3 is 0 Å². The normalized spacial score (nSPS) is 8.83. The van der Waals surface area contributed by atoms with Crippen molar-refractivity contribution in [2.45, 2.75) is 0 Å². The molecule has 0 N–H and O–H groups in total. The maximum Gasteiger partial charge on any atom is 0.0928 e. The molecular weight excluding hydrogens is 94.1 g/mol. The summed E-state index contributed by atoms with van der Waals surface area (Å²) in [5.74, 6) is 0. The molecule has 1 nitrogen and oxygen atoms in total. The molecule has 1 rings (SSSR count). The summed E-state index contributed by atoms with van der Waals surface area (Å²) in [5, 5.41) is 2.79. The van der Waals surface area contributed by atoms with Crippen LogP contribution in [0, 0.1) is 6.92 Å². The Balaban J connectivity index is 3.05. The van der Waals surface area contributed by atoms with Crippen molar-refractivity contribution in [3.8, 4) is 0 Å². The molecule has 0 saturated carbocycles. The van der Waals surface area contributed by atoms with E-state index < -0.39 is 0 Å². The van der Waals surface area contributed by atoms with Crippen LogP contribution in [-0.2, 0) is 0 Å². The predicted octanol–water partition coefficient (Wildman–Crippen LogP) is 1.33. The van der Waals surface area contributed by atoms with E-state index in [1.165, 1.54) is 0 Å². The van der Waals surface area contributed by atoms with E-state index in [0.717, 1.165) is 5.01 Å². The first kappa shape index (κ1) is 3.81. The lowest BCUT2D eigenvalue weighted by Crippen LogP contribution is -1.56. The first-order valence-corrected chi connectivity index (χ1v) is 2.49. The summed E-state index contributed by atoms with van der Waals surface area (Å²) in [5.41, 5.74) is 0. The standard InChI is InChI=1S/C4H4NS/c1-4-5-2-3-6-4/h2-3H,1H2. The number of thiazole rings is 1. The van der Waals surface area contributed by atoms with E-state index in [1.54, 1.807) is 17.5 Å². The van der Waals surface area contributed by atoms with Crippen molar-refractivity contribution >= 4 is 11.3 Å². The molecule has 0 aliphatic carbocycles. The van der Waals surface area contributed by atoms with Gasteiger partial charge in [0.2, 0.25) is 0 Å². The molecule has 0 spiro atoms. The zero-order valence-electron chi connectivity index (χ0n) is 3.22. The highest BCUT2D eigenvalue weighted by atomic mass is 32.1. The lowest BCUT2D eigenvalue weighted by Gasteiger charge is -1.64. The van der Waals surface area contributed by atoms with Crippen molar-refractivity contribution in [1.29, 1.82) is 0 Å². The van der Waals surface area contributed by atoms with Gasteiger partial charge in [-0.2, -0.15) is 0 Å². The minimum absolute atomic E-state index is 0.884. The SMILES string of the molecule is [CH2]c1nccs1. The van der Waals surface area contributed by atoms with Crippen LogP contribution in [0.3, 0.4) is 0 Å². The van der Waals surface area contributed by atoms with Crippen molar-refractivity contribution in [3.05, 3.63) is 23.5 Å². The Morgan fingerprint density at radius 1 is 1.83 bits per heavy atom. The lowest BCUT2D eigenvalue weighted by atomic mass is 10.8. The van der Waals surface area contributed by atoms with Crippen LogP contribution in [0.4, 0.5) is 0 Å². The minimum atomic E-state index is 0.884. The molecule has 2 heteroatoms. The van der Waals surface area contributed by atoms with Crippen LogP contribution in [0.1, 0.15) is 5.01 Å². The molecule has 31 valence electrons. The Morgan fingerprint density at radius 2 is 2.67 bits per heavy atom. The third-order valence-corrected chi connectivity index (χ3v) is 1.12. The monoisotopic (exact) mass is 98.0 g/mol. The van der Waals surface area contributed by atoms with Gasteiger partial charge in [-0.3, -0.25) is 0 Å². The van der Waals surface area contributed by atoms with E-state index in [1.807, 2.05) is 5.38 Å². The highest BCUT2D eigenvalue weighted by Gasteiger charge is 1.76. The number of hydrogen-bond acceptors (Lipinski definition) is 2. The van der Waals surface area contributed by atoms with E-state index in [0.29, 0.717) is 0 Å². The van der Waals surface area contributed by atoms with Gasteiger partial charge in [-0.05, 0) is 0 Å². The average molecular weight is 98.2 g/mol. The van der Waals surface area contributed by atoms with E-state index in [-0.39, 0.29) is 0 Å². The molecule has 0 bridgehead atoms. The Morgan fingerprint density at radius 3 is 2.83 bits per heavy atom. The lowest BCUT2D eigenvalue weighted by molar-refractivity contribution is 1.37. The highest BCUT2D eigenvalue weighted by molar-refractivity contribution is 7.09. The van der Waals surface area contributed by atoms with Crippen molar-refractivity contribution < 1.29 is 0 Å². The minimum Gasteiger partial charge on any atom is -0.250 e. The molecule has 0 aromatic carbocycles. The topological polar surface area (TPSA) is 12.9 Å². The van der Waals surface area contributed by atoms with Crippen molar-refractivity contribution in [2.24, 2.45) is 0 Å². The summed E-state index contributed by atoms with van der Waals surface area (Å²) >= 11 is 1.56. The largest absolute Gasteiger partial charge is 0.250 e. The zero-order chi connectivity index (χ0) is 4.41. The number of nitrogens with zero attached hydrogens (tertiary/aromatic N) is 1. The fourth-order valence-corrected chi connectivity index (χ4v) is 0.653. The summed E-state index contributed by atoms with van der Waals surface area (Å²) < 4.78 is 0. The molecule has 6 heavy (non-hydrogen) atoms. The summed E-state index contributed by atoms with van der Waals surface area (Å²) in [7, 11) is 0. The van der Waals surface area contributed by atoms with Gasteiger partial charge < -0.3 is 0 Å². The second-order valence-corrected chi connectivity index (χ2v) is 1.90. The molecule has 1 aromatic heterocycles. The summed E-state index contributed by atoms with van der Waals surface area (Å²) in [6.07, 6.45) is 1.74. The van der Waals surface area contributed by atoms with Gasteiger partial charge in [-0.15, -0.1) is 11.3 Å². The number of aromatic nitrogens is 1. The fourth-order valence-electron chi connectivity index (χ4n) is 0.253. The molecule has 0 aliphatic rings. The Kier molecular flexibility index (Phi) is 0.881. The van der Waals surface area contributed by atoms with Crippen LogP contribution < -0.4 is 0 Å². The van der Waals surface area contributed by atoms with Gasteiger partial charge in [-0.1, -0.05) is 0 Å². The van der Waals surface area contributed by atoms with Crippen LogP contribution in [0.25, 0.3) is 0 Å². The van der Waals surface area contributed by atoms with Crippen LogP contribution in [0.15, 0.2) is 11.6 Å². The predicted molar refractivity (Wildman–Crippen MR) is 26.6 cm³/mol. The van der Waals surface area contributed by atoms with E-state index in [2.05, 4.69) is 11.9 Å². The molecule has 0 saturated heterocycles. The molecule has 0 amide bonds. The third-order valence-electron chi connectivity index (χ3n) is 0.483. The number of rotatable bonds is 0. The average Bonchev–Trinajstić information content (AvgIpc) is 1.86. The molecule has 1 heterocycles. The van der Waals surface area contributed by atoms with Gasteiger partial charge in [0, 0.05) is 18.5 Å². The van der Waals surface area contributed by atoms with E-state index in [9.17, 15) is 0 Å². The summed E-state index contributed by atoms with van der Waals surface area (Å²) in [4.78, 5) is 3.82. The van der Waals surface area contributed by atoms with Gasteiger partial charge in [0.15, 0.2) is 0 Å². The Bertz CT molecular complexity index is 111. The Hall–Kier alpha value is -0.370. The molecule has 0 aliphatic heterocycles.